The Morgan fingerprint density at radius 3 is 2.22 bits per heavy atom. The number of para-hydroxylation sites is 1. The van der Waals surface area contributed by atoms with Crippen LogP contribution in [0.5, 0.6) is 0 Å². The number of carbonyl (C=O) groups excluding carboxylic acids is 2. The molecule has 5 heteroatoms. The number of rotatable bonds is 8. The predicted octanol–water partition coefficient (Wildman–Crippen LogP) is 2.13. The third-order valence-electron chi connectivity index (χ3n) is 3.62. The Morgan fingerprint density at radius 2 is 1.74 bits per heavy atom. The zero-order valence-corrected chi connectivity index (χ0v) is 14.9. The summed E-state index contributed by atoms with van der Waals surface area (Å²) in [5.74, 6) is 0.145. The van der Waals surface area contributed by atoms with E-state index < -0.39 is 6.04 Å². The van der Waals surface area contributed by atoms with Crippen LogP contribution in [0.2, 0.25) is 0 Å². The molecule has 0 saturated carbocycles. The minimum absolute atomic E-state index is 0.0604. The second-order valence-corrected chi connectivity index (χ2v) is 6.33. The highest BCUT2D eigenvalue weighted by Crippen LogP contribution is 2.12. The standard InChI is InChI=1S/C18H29N3O2/c1-6-21(15-10-8-7-9-11-15)13-17(22)19-16(12-14(2)3)18(23)20(4)5/h7-11,14,16H,6,12-13H2,1-5H3,(H,19,22)/t16-/m0/s1. The molecule has 1 aromatic carbocycles. The predicted molar refractivity (Wildman–Crippen MR) is 94.4 cm³/mol. The summed E-state index contributed by atoms with van der Waals surface area (Å²) in [5.41, 5.74) is 1.00. The lowest BCUT2D eigenvalue weighted by Gasteiger charge is -2.26. The molecule has 23 heavy (non-hydrogen) atoms. The minimum atomic E-state index is -0.466. The van der Waals surface area contributed by atoms with Crippen molar-refractivity contribution in [1.29, 1.82) is 0 Å². The molecule has 0 spiro atoms. The third-order valence-corrected chi connectivity index (χ3v) is 3.62. The zero-order valence-electron chi connectivity index (χ0n) is 14.9. The van der Waals surface area contributed by atoms with E-state index in [1.54, 1.807) is 14.1 Å². The van der Waals surface area contributed by atoms with Crippen LogP contribution in [0.15, 0.2) is 30.3 Å². The summed E-state index contributed by atoms with van der Waals surface area (Å²) in [6.07, 6.45) is 0.639. The second kappa shape index (κ2) is 9.18. The van der Waals surface area contributed by atoms with Crippen molar-refractivity contribution in [2.45, 2.75) is 33.2 Å². The Labute approximate surface area is 139 Å². The molecule has 0 aromatic heterocycles. The first-order valence-corrected chi connectivity index (χ1v) is 8.15. The molecule has 5 nitrogen and oxygen atoms in total. The Bertz CT molecular complexity index is 500. The van der Waals surface area contributed by atoms with E-state index in [0.717, 1.165) is 12.2 Å². The molecule has 1 aromatic rings. The van der Waals surface area contributed by atoms with E-state index in [2.05, 4.69) is 5.32 Å². The zero-order chi connectivity index (χ0) is 17.4. The molecule has 0 saturated heterocycles. The van der Waals surface area contributed by atoms with Crippen LogP contribution in [-0.2, 0) is 9.59 Å². The van der Waals surface area contributed by atoms with Gasteiger partial charge in [0.2, 0.25) is 11.8 Å². The highest BCUT2D eigenvalue weighted by molar-refractivity contribution is 5.89. The van der Waals surface area contributed by atoms with Crippen molar-refractivity contribution in [3.05, 3.63) is 30.3 Å². The van der Waals surface area contributed by atoms with E-state index in [-0.39, 0.29) is 18.4 Å². The summed E-state index contributed by atoms with van der Waals surface area (Å²) in [5, 5.41) is 2.89. The number of hydrogen-bond acceptors (Lipinski definition) is 3. The molecule has 0 heterocycles. The lowest BCUT2D eigenvalue weighted by Crippen LogP contribution is -2.49. The maximum Gasteiger partial charge on any atom is 0.244 e. The number of hydrogen-bond donors (Lipinski definition) is 1. The highest BCUT2D eigenvalue weighted by Gasteiger charge is 2.24. The van der Waals surface area contributed by atoms with E-state index >= 15 is 0 Å². The molecule has 0 unspecified atom stereocenters. The van der Waals surface area contributed by atoms with E-state index in [9.17, 15) is 9.59 Å². The summed E-state index contributed by atoms with van der Waals surface area (Å²) in [7, 11) is 3.42. The maximum absolute atomic E-state index is 12.4. The molecule has 0 bridgehead atoms. The number of nitrogens with one attached hydrogen (secondary N) is 1. The van der Waals surface area contributed by atoms with Crippen LogP contribution >= 0.6 is 0 Å². The highest BCUT2D eigenvalue weighted by atomic mass is 16.2. The SMILES string of the molecule is CCN(CC(=O)N[C@@H](CC(C)C)C(=O)N(C)C)c1ccccc1. The fraction of sp³-hybridized carbons (Fsp3) is 0.556. The largest absolute Gasteiger partial charge is 0.363 e. The fourth-order valence-corrected chi connectivity index (χ4v) is 2.44. The van der Waals surface area contributed by atoms with E-state index in [4.69, 9.17) is 0 Å². The molecule has 0 aliphatic heterocycles. The third kappa shape index (κ3) is 6.30. The molecule has 1 N–H and O–H groups in total. The summed E-state index contributed by atoms with van der Waals surface area (Å²) in [4.78, 5) is 28.1. The lowest BCUT2D eigenvalue weighted by atomic mass is 10.0. The molecule has 128 valence electrons. The Morgan fingerprint density at radius 1 is 1.13 bits per heavy atom. The normalized spacial score (nSPS) is 11.9. The number of nitrogens with zero attached hydrogens (tertiary/aromatic N) is 2. The molecule has 2 amide bonds. The molecular weight excluding hydrogens is 290 g/mol. The van der Waals surface area contributed by atoms with Gasteiger partial charge in [0.1, 0.15) is 6.04 Å². The first kappa shape index (κ1) is 19.0. The van der Waals surface area contributed by atoms with Crippen LogP contribution in [0.3, 0.4) is 0 Å². The number of amides is 2. The Balaban J connectivity index is 2.72. The fourth-order valence-electron chi connectivity index (χ4n) is 2.44. The van der Waals surface area contributed by atoms with Crippen molar-refractivity contribution in [3.8, 4) is 0 Å². The van der Waals surface area contributed by atoms with Gasteiger partial charge in [-0.15, -0.1) is 0 Å². The maximum atomic E-state index is 12.4. The minimum Gasteiger partial charge on any atom is -0.363 e. The molecule has 0 aliphatic carbocycles. The van der Waals surface area contributed by atoms with Gasteiger partial charge in [-0.2, -0.15) is 0 Å². The first-order valence-electron chi connectivity index (χ1n) is 8.15. The van der Waals surface area contributed by atoms with Gasteiger partial charge >= 0.3 is 0 Å². The molecule has 1 rings (SSSR count). The molecular formula is C18H29N3O2. The van der Waals surface area contributed by atoms with Gasteiger partial charge in [-0.05, 0) is 31.4 Å². The summed E-state index contributed by atoms with van der Waals surface area (Å²) in [6.45, 7) is 7.08. The van der Waals surface area contributed by atoms with Crippen molar-refractivity contribution >= 4 is 17.5 Å². The Hall–Kier alpha value is -2.04. The average molecular weight is 319 g/mol. The van der Waals surface area contributed by atoms with Gasteiger partial charge in [-0.25, -0.2) is 0 Å². The van der Waals surface area contributed by atoms with Crippen molar-refractivity contribution < 1.29 is 9.59 Å². The van der Waals surface area contributed by atoms with Gasteiger partial charge in [0.25, 0.3) is 0 Å². The second-order valence-electron chi connectivity index (χ2n) is 6.33. The van der Waals surface area contributed by atoms with E-state index in [1.807, 2.05) is 56.0 Å². The van der Waals surface area contributed by atoms with Gasteiger partial charge in [0.05, 0.1) is 6.54 Å². The van der Waals surface area contributed by atoms with Crippen molar-refractivity contribution in [2.24, 2.45) is 5.92 Å². The molecule has 0 radical (unpaired) electrons. The van der Waals surface area contributed by atoms with Gasteiger partial charge in [0, 0.05) is 26.3 Å². The number of benzene rings is 1. The lowest BCUT2D eigenvalue weighted by molar-refractivity contribution is -0.134. The molecule has 0 aliphatic rings. The van der Waals surface area contributed by atoms with Crippen LogP contribution in [0.25, 0.3) is 0 Å². The van der Waals surface area contributed by atoms with Crippen LogP contribution in [0.1, 0.15) is 27.2 Å². The van der Waals surface area contributed by atoms with Gasteiger partial charge in [-0.1, -0.05) is 32.0 Å². The summed E-state index contributed by atoms with van der Waals surface area (Å²) in [6, 6.07) is 9.35. The number of carbonyl (C=O) groups is 2. The summed E-state index contributed by atoms with van der Waals surface area (Å²) < 4.78 is 0. The molecule has 0 fully saturated rings. The van der Waals surface area contributed by atoms with E-state index in [0.29, 0.717) is 12.3 Å². The monoisotopic (exact) mass is 319 g/mol. The Kier molecular flexibility index (Phi) is 7.59. The number of anilines is 1. The van der Waals surface area contributed by atoms with Crippen LogP contribution < -0.4 is 10.2 Å². The van der Waals surface area contributed by atoms with Gasteiger partial charge in [-0.3, -0.25) is 9.59 Å². The first-order chi connectivity index (χ1) is 10.8. The molecule has 1 atom stereocenters. The quantitative estimate of drug-likeness (QED) is 0.798. The van der Waals surface area contributed by atoms with Gasteiger partial charge < -0.3 is 15.1 Å². The van der Waals surface area contributed by atoms with Crippen molar-refractivity contribution in [1.82, 2.24) is 10.2 Å². The van der Waals surface area contributed by atoms with Crippen molar-refractivity contribution in [3.63, 3.8) is 0 Å². The van der Waals surface area contributed by atoms with E-state index in [1.165, 1.54) is 4.90 Å². The number of likely N-dealkylation sites (N-methyl/N-ethyl adjacent to an activating group) is 2. The summed E-state index contributed by atoms with van der Waals surface area (Å²) >= 11 is 0. The van der Waals surface area contributed by atoms with Gasteiger partial charge in [0.15, 0.2) is 0 Å². The van der Waals surface area contributed by atoms with Crippen LogP contribution in [0, 0.1) is 5.92 Å². The van der Waals surface area contributed by atoms with Crippen LogP contribution in [0.4, 0.5) is 5.69 Å². The van der Waals surface area contributed by atoms with Crippen molar-refractivity contribution in [2.75, 3.05) is 32.1 Å². The topological polar surface area (TPSA) is 52.7 Å². The van der Waals surface area contributed by atoms with Crippen LogP contribution in [-0.4, -0.2) is 49.9 Å². The smallest absolute Gasteiger partial charge is 0.244 e. The average Bonchev–Trinajstić information content (AvgIpc) is 2.51.